The molecule has 11 heavy (non-hydrogen) atoms. The first-order valence-electron chi connectivity index (χ1n) is 4.09. The molecule has 0 aliphatic heterocycles. The Bertz CT molecular complexity index is 119. The fourth-order valence-electron chi connectivity index (χ4n) is 0.827. The van der Waals surface area contributed by atoms with E-state index in [2.05, 4.69) is 0 Å². The van der Waals surface area contributed by atoms with Gasteiger partial charge in [-0.25, -0.2) is 0 Å². The molecule has 0 spiro atoms. The lowest BCUT2D eigenvalue weighted by molar-refractivity contribution is -0.104. The van der Waals surface area contributed by atoms with E-state index in [1.165, 1.54) is 6.08 Å². The van der Waals surface area contributed by atoms with Crippen LogP contribution in [0.25, 0.3) is 0 Å². The third-order valence-corrected chi connectivity index (χ3v) is 1.59. The van der Waals surface area contributed by atoms with Crippen LogP contribution in [-0.4, -0.2) is 17.5 Å². The molecule has 0 aromatic rings. The molecule has 1 atom stereocenters. The summed E-state index contributed by atoms with van der Waals surface area (Å²) in [6.45, 7) is 1.96. The molecule has 1 N–H and O–H groups in total. The van der Waals surface area contributed by atoms with Crippen molar-refractivity contribution in [1.82, 2.24) is 0 Å². The van der Waals surface area contributed by atoms with E-state index in [9.17, 15) is 4.79 Å². The molecule has 0 aromatic heterocycles. The Hall–Kier alpha value is -0.630. The predicted octanol–water partition coefficient (Wildman–Crippen LogP) is 1.68. The van der Waals surface area contributed by atoms with Gasteiger partial charge in [-0.1, -0.05) is 13.0 Å². The van der Waals surface area contributed by atoms with Crippen molar-refractivity contribution in [3.8, 4) is 0 Å². The van der Waals surface area contributed by atoms with Gasteiger partial charge in [0.25, 0.3) is 0 Å². The van der Waals surface area contributed by atoms with Crippen LogP contribution in [-0.2, 0) is 4.79 Å². The van der Waals surface area contributed by atoms with E-state index in [1.807, 2.05) is 13.0 Å². The fraction of sp³-hybridized carbons (Fsp3) is 0.667. The zero-order valence-corrected chi connectivity index (χ0v) is 6.99. The molecule has 0 fully saturated rings. The lowest BCUT2D eigenvalue weighted by atomic mass is 10.1. The van der Waals surface area contributed by atoms with Crippen LogP contribution < -0.4 is 0 Å². The number of hydrogen-bond acceptors (Lipinski definition) is 2. The zero-order valence-electron chi connectivity index (χ0n) is 6.99. The van der Waals surface area contributed by atoms with E-state index in [0.717, 1.165) is 32.0 Å². The van der Waals surface area contributed by atoms with Crippen molar-refractivity contribution < 1.29 is 9.90 Å². The summed E-state index contributed by atoms with van der Waals surface area (Å²) in [6.07, 6.45) is 7.43. The first-order valence-corrected chi connectivity index (χ1v) is 4.09. The van der Waals surface area contributed by atoms with Gasteiger partial charge in [-0.2, -0.15) is 0 Å². The summed E-state index contributed by atoms with van der Waals surface area (Å²) in [6, 6.07) is 0. The predicted molar refractivity (Wildman–Crippen MR) is 45.4 cm³/mol. The number of allylic oxidation sites excluding steroid dienone is 2. The van der Waals surface area contributed by atoms with E-state index < -0.39 is 0 Å². The summed E-state index contributed by atoms with van der Waals surface area (Å²) in [5.41, 5.74) is 0. The van der Waals surface area contributed by atoms with E-state index in [1.54, 1.807) is 0 Å². The fourth-order valence-corrected chi connectivity index (χ4v) is 0.827. The van der Waals surface area contributed by atoms with Crippen molar-refractivity contribution in [3.63, 3.8) is 0 Å². The highest BCUT2D eigenvalue weighted by atomic mass is 16.3. The molecule has 0 amide bonds. The van der Waals surface area contributed by atoms with Gasteiger partial charge in [-0.05, 0) is 31.8 Å². The molecule has 2 nitrogen and oxygen atoms in total. The van der Waals surface area contributed by atoms with Gasteiger partial charge in [0.05, 0.1) is 6.10 Å². The third-order valence-electron chi connectivity index (χ3n) is 1.59. The average molecular weight is 156 g/mol. The van der Waals surface area contributed by atoms with E-state index in [0.29, 0.717) is 0 Å². The highest BCUT2D eigenvalue weighted by molar-refractivity contribution is 5.64. The first-order chi connectivity index (χ1) is 5.31. The molecule has 0 bridgehead atoms. The van der Waals surface area contributed by atoms with Crippen LogP contribution in [0.1, 0.15) is 32.6 Å². The minimum absolute atomic E-state index is 0.167. The van der Waals surface area contributed by atoms with Gasteiger partial charge >= 0.3 is 0 Å². The highest BCUT2D eigenvalue weighted by Gasteiger charge is 1.97. The van der Waals surface area contributed by atoms with Crippen LogP contribution in [0.5, 0.6) is 0 Å². The second-order valence-electron chi connectivity index (χ2n) is 2.56. The summed E-state index contributed by atoms with van der Waals surface area (Å²) in [7, 11) is 0. The van der Waals surface area contributed by atoms with Gasteiger partial charge in [0.2, 0.25) is 0 Å². The molecular weight excluding hydrogens is 140 g/mol. The number of carbonyl (C=O) groups is 1. The lowest BCUT2D eigenvalue weighted by Gasteiger charge is -2.04. The van der Waals surface area contributed by atoms with E-state index in [-0.39, 0.29) is 6.10 Å². The number of aliphatic hydroxyl groups is 1. The molecule has 2 heteroatoms. The minimum Gasteiger partial charge on any atom is -0.393 e. The molecule has 64 valence electrons. The van der Waals surface area contributed by atoms with Crippen LogP contribution in [0.4, 0.5) is 0 Å². The maximum absolute atomic E-state index is 9.82. The number of hydrogen-bond donors (Lipinski definition) is 1. The van der Waals surface area contributed by atoms with E-state index in [4.69, 9.17) is 5.11 Å². The maximum Gasteiger partial charge on any atom is 0.142 e. The summed E-state index contributed by atoms with van der Waals surface area (Å²) >= 11 is 0. The number of unbranched alkanes of at least 4 members (excludes halogenated alkanes) is 1. The average Bonchev–Trinajstić information content (AvgIpc) is 2.04. The van der Waals surface area contributed by atoms with Gasteiger partial charge < -0.3 is 5.11 Å². The largest absolute Gasteiger partial charge is 0.393 e. The van der Waals surface area contributed by atoms with Crippen molar-refractivity contribution in [2.24, 2.45) is 0 Å². The Balaban J connectivity index is 3.13. The van der Waals surface area contributed by atoms with Crippen LogP contribution in [0.2, 0.25) is 0 Å². The standard InChI is InChI=1S/C9H16O2/c1-2-9(11)7-5-3-4-6-8-10/h4,6,8-9,11H,2-3,5,7H2,1H3/b6-4+. The number of rotatable bonds is 6. The topological polar surface area (TPSA) is 37.3 Å². The van der Waals surface area contributed by atoms with E-state index >= 15 is 0 Å². The van der Waals surface area contributed by atoms with Crippen LogP contribution in [0.3, 0.4) is 0 Å². The SMILES string of the molecule is CCC(O)CCC/C=C/C=O. The molecule has 0 heterocycles. The summed E-state index contributed by atoms with van der Waals surface area (Å²) in [4.78, 5) is 9.82. The van der Waals surface area contributed by atoms with Crippen molar-refractivity contribution in [2.45, 2.75) is 38.7 Å². The molecule has 0 rings (SSSR count). The normalized spacial score (nSPS) is 13.6. The monoisotopic (exact) mass is 156 g/mol. The van der Waals surface area contributed by atoms with Crippen molar-refractivity contribution in [3.05, 3.63) is 12.2 Å². The van der Waals surface area contributed by atoms with Crippen molar-refractivity contribution in [2.75, 3.05) is 0 Å². The van der Waals surface area contributed by atoms with Gasteiger partial charge in [-0.3, -0.25) is 4.79 Å². The number of carbonyl (C=O) groups excluding carboxylic acids is 1. The third kappa shape index (κ3) is 7.26. The second kappa shape index (κ2) is 7.48. The highest BCUT2D eigenvalue weighted by Crippen LogP contribution is 2.03. The second-order valence-corrected chi connectivity index (χ2v) is 2.56. The first kappa shape index (κ1) is 10.4. The molecular formula is C9H16O2. The molecule has 0 radical (unpaired) electrons. The zero-order chi connectivity index (χ0) is 8.53. The summed E-state index contributed by atoms with van der Waals surface area (Å²) in [5.74, 6) is 0. The quantitative estimate of drug-likeness (QED) is 0.361. The van der Waals surface area contributed by atoms with Crippen molar-refractivity contribution in [1.29, 1.82) is 0 Å². The molecule has 1 unspecified atom stereocenters. The van der Waals surface area contributed by atoms with Gasteiger partial charge in [0.1, 0.15) is 6.29 Å². The number of aldehydes is 1. The number of aliphatic hydroxyl groups excluding tert-OH is 1. The van der Waals surface area contributed by atoms with Crippen LogP contribution >= 0.6 is 0 Å². The smallest absolute Gasteiger partial charge is 0.142 e. The van der Waals surface area contributed by atoms with Gasteiger partial charge in [0, 0.05) is 0 Å². The molecule has 0 aliphatic rings. The molecule has 0 saturated heterocycles. The van der Waals surface area contributed by atoms with Gasteiger partial charge in [-0.15, -0.1) is 0 Å². The Kier molecular flexibility index (Phi) is 7.05. The molecule has 0 saturated carbocycles. The van der Waals surface area contributed by atoms with Crippen molar-refractivity contribution >= 4 is 6.29 Å². The maximum atomic E-state index is 9.82. The van der Waals surface area contributed by atoms with Gasteiger partial charge in [0.15, 0.2) is 0 Å². The minimum atomic E-state index is -0.167. The van der Waals surface area contributed by atoms with Crippen LogP contribution in [0.15, 0.2) is 12.2 Å². The summed E-state index contributed by atoms with van der Waals surface area (Å²) < 4.78 is 0. The molecule has 0 aliphatic carbocycles. The molecule has 0 aromatic carbocycles. The Morgan fingerprint density at radius 3 is 2.82 bits per heavy atom. The Labute approximate surface area is 67.9 Å². The Morgan fingerprint density at radius 2 is 2.27 bits per heavy atom. The Morgan fingerprint density at radius 1 is 1.55 bits per heavy atom. The van der Waals surface area contributed by atoms with Crippen LogP contribution in [0, 0.1) is 0 Å². The summed E-state index contributed by atoms with van der Waals surface area (Å²) in [5, 5.41) is 9.12. The lowest BCUT2D eigenvalue weighted by Crippen LogP contribution is -2.02.